The molecule has 0 aliphatic rings. The second-order valence-corrected chi connectivity index (χ2v) is 2.36. The molecule has 0 aromatic rings. The first-order chi connectivity index (χ1) is 6.11. The van der Waals surface area contributed by atoms with Crippen LogP contribution in [-0.2, 0) is 19.1 Å². The summed E-state index contributed by atoms with van der Waals surface area (Å²) in [6.07, 6.45) is -0.916. The highest BCUT2D eigenvalue weighted by molar-refractivity contribution is 5.78. The molecule has 0 spiro atoms. The van der Waals surface area contributed by atoms with Crippen LogP contribution < -0.4 is 0 Å². The third-order valence-corrected chi connectivity index (χ3v) is 1.25. The highest BCUT2D eigenvalue weighted by Gasteiger charge is 2.21. The number of aliphatic hydroxyl groups is 1. The predicted molar refractivity (Wildman–Crippen MR) is 43.9 cm³/mol. The van der Waals surface area contributed by atoms with Crippen molar-refractivity contribution in [3.05, 3.63) is 0 Å². The van der Waals surface area contributed by atoms with Crippen molar-refractivity contribution in [2.24, 2.45) is 0 Å². The molecule has 0 aromatic heterocycles. The number of rotatable bonds is 5. The lowest BCUT2D eigenvalue weighted by molar-refractivity contribution is -0.167. The Hall–Kier alpha value is -1.10. The fraction of sp³-hybridized carbons (Fsp3) is 0.750. The number of esters is 2. The molecule has 5 heteroatoms. The topological polar surface area (TPSA) is 72.8 Å². The molecule has 0 fully saturated rings. The van der Waals surface area contributed by atoms with Crippen LogP contribution in [0.4, 0.5) is 0 Å². The van der Waals surface area contributed by atoms with Gasteiger partial charge in [0.25, 0.3) is 0 Å². The van der Waals surface area contributed by atoms with Gasteiger partial charge in [0.2, 0.25) is 6.10 Å². The van der Waals surface area contributed by atoms with Gasteiger partial charge in [-0.25, -0.2) is 4.79 Å². The monoisotopic (exact) mass is 190 g/mol. The highest BCUT2D eigenvalue weighted by Crippen LogP contribution is 2.01. The van der Waals surface area contributed by atoms with Gasteiger partial charge in [0.1, 0.15) is 0 Å². The minimum atomic E-state index is -0.984. The SMILES string of the molecule is CCOC(=O)C(CCO)OC(C)=O. The summed E-state index contributed by atoms with van der Waals surface area (Å²) in [5.41, 5.74) is 0. The summed E-state index contributed by atoms with van der Waals surface area (Å²) in [5, 5.41) is 8.57. The average molecular weight is 190 g/mol. The van der Waals surface area contributed by atoms with Crippen LogP contribution in [0.25, 0.3) is 0 Å². The van der Waals surface area contributed by atoms with E-state index in [0.29, 0.717) is 0 Å². The molecule has 0 aliphatic carbocycles. The highest BCUT2D eigenvalue weighted by atomic mass is 16.6. The standard InChI is InChI=1S/C8H14O5/c1-3-12-8(11)7(4-5-9)13-6(2)10/h7,9H,3-5H2,1-2H3. The molecule has 0 aromatic carbocycles. The lowest BCUT2D eigenvalue weighted by Gasteiger charge is -2.13. The van der Waals surface area contributed by atoms with E-state index in [1.54, 1.807) is 6.92 Å². The number of aliphatic hydroxyl groups excluding tert-OH is 1. The van der Waals surface area contributed by atoms with E-state index in [1.807, 2.05) is 0 Å². The number of hydrogen-bond donors (Lipinski definition) is 1. The molecule has 0 radical (unpaired) electrons. The normalized spacial score (nSPS) is 11.9. The van der Waals surface area contributed by atoms with Gasteiger partial charge in [0, 0.05) is 20.0 Å². The van der Waals surface area contributed by atoms with Crippen molar-refractivity contribution < 1.29 is 24.2 Å². The first-order valence-corrected chi connectivity index (χ1v) is 4.06. The van der Waals surface area contributed by atoms with Crippen LogP contribution in [-0.4, -0.2) is 36.4 Å². The third-order valence-electron chi connectivity index (χ3n) is 1.25. The summed E-state index contributed by atoms with van der Waals surface area (Å²) in [6.45, 7) is 2.85. The van der Waals surface area contributed by atoms with Gasteiger partial charge >= 0.3 is 11.9 Å². The number of carbonyl (C=O) groups excluding carboxylic acids is 2. The van der Waals surface area contributed by atoms with Gasteiger partial charge in [-0.3, -0.25) is 4.79 Å². The molecule has 5 nitrogen and oxygen atoms in total. The maximum Gasteiger partial charge on any atom is 0.347 e. The summed E-state index contributed by atoms with van der Waals surface area (Å²) in [7, 11) is 0. The lowest BCUT2D eigenvalue weighted by atomic mass is 10.2. The summed E-state index contributed by atoms with van der Waals surface area (Å²) in [4.78, 5) is 21.6. The van der Waals surface area contributed by atoms with Crippen LogP contribution in [0, 0.1) is 0 Å². The van der Waals surface area contributed by atoms with Gasteiger partial charge in [-0.05, 0) is 6.92 Å². The van der Waals surface area contributed by atoms with Crippen LogP contribution in [0.2, 0.25) is 0 Å². The van der Waals surface area contributed by atoms with Crippen molar-refractivity contribution in [1.29, 1.82) is 0 Å². The van der Waals surface area contributed by atoms with E-state index >= 15 is 0 Å². The van der Waals surface area contributed by atoms with Crippen LogP contribution in [0.1, 0.15) is 20.3 Å². The summed E-state index contributed by atoms with van der Waals surface area (Å²) in [5.74, 6) is -1.18. The zero-order valence-corrected chi connectivity index (χ0v) is 7.78. The molecule has 0 rings (SSSR count). The van der Waals surface area contributed by atoms with E-state index in [9.17, 15) is 9.59 Å². The maximum absolute atomic E-state index is 11.1. The summed E-state index contributed by atoms with van der Waals surface area (Å²) >= 11 is 0. The number of carbonyl (C=O) groups is 2. The zero-order chi connectivity index (χ0) is 10.3. The fourth-order valence-electron chi connectivity index (χ4n) is 0.778. The molecule has 0 aliphatic heterocycles. The third kappa shape index (κ3) is 5.19. The maximum atomic E-state index is 11.1. The van der Waals surface area contributed by atoms with Crippen molar-refractivity contribution in [3.8, 4) is 0 Å². The van der Waals surface area contributed by atoms with E-state index in [4.69, 9.17) is 5.11 Å². The molecular formula is C8H14O5. The molecular weight excluding hydrogens is 176 g/mol. The lowest BCUT2D eigenvalue weighted by Crippen LogP contribution is -2.29. The number of ether oxygens (including phenoxy) is 2. The molecule has 0 heterocycles. The zero-order valence-electron chi connectivity index (χ0n) is 7.78. The minimum Gasteiger partial charge on any atom is -0.463 e. The average Bonchev–Trinajstić information content (AvgIpc) is 2.03. The van der Waals surface area contributed by atoms with Crippen molar-refractivity contribution in [2.45, 2.75) is 26.4 Å². The van der Waals surface area contributed by atoms with Gasteiger partial charge < -0.3 is 14.6 Å². The Bertz CT molecular complexity index is 177. The van der Waals surface area contributed by atoms with Crippen molar-refractivity contribution in [2.75, 3.05) is 13.2 Å². The van der Waals surface area contributed by atoms with Gasteiger partial charge in [-0.1, -0.05) is 0 Å². The van der Waals surface area contributed by atoms with E-state index in [0.717, 1.165) is 0 Å². The predicted octanol–water partition coefficient (Wildman–Crippen LogP) is -0.136. The van der Waals surface area contributed by atoms with Crippen molar-refractivity contribution >= 4 is 11.9 Å². The van der Waals surface area contributed by atoms with Crippen LogP contribution in [0.15, 0.2) is 0 Å². The Labute approximate surface area is 76.6 Å². The Morgan fingerprint density at radius 2 is 2.08 bits per heavy atom. The second-order valence-electron chi connectivity index (χ2n) is 2.36. The second kappa shape index (κ2) is 6.42. The Morgan fingerprint density at radius 3 is 2.46 bits per heavy atom. The molecule has 0 amide bonds. The molecule has 0 bridgehead atoms. The fourth-order valence-corrected chi connectivity index (χ4v) is 0.778. The van der Waals surface area contributed by atoms with Gasteiger partial charge in [-0.2, -0.15) is 0 Å². The van der Waals surface area contributed by atoms with E-state index < -0.39 is 18.0 Å². The molecule has 1 unspecified atom stereocenters. The Morgan fingerprint density at radius 1 is 1.46 bits per heavy atom. The van der Waals surface area contributed by atoms with E-state index in [2.05, 4.69) is 9.47 Å². The van der Waals surface area contributed by atoms with Crippen molar-refractivity contribution in [3.63, 3.8) is 0 Å². The molecule has 13 heavy (non-hydrogen) atoms. The summed E-state index contributed by atoms with van der Waals surface area (Å²) < 4.78 is 9.26. The number of hydrogen-bond acceptors (Lipinski definition) is 5. The van der Waals surface area contributed by atoms with E-state index in [1.165, 1.54) is 6.92 Å². The molecule has 0 saturated carbocycles. The molecule has 1 N–H and O–H groups in total. The Balaban J connectivity index is 4.06. The smallest absolute Gasteiger partial charge is 0.347 e. The Kier molecular flexibility index (Phi) is 5.88. The molecule has 76 valence electrons. The quantitative estimate of drug-likeness (QED) is 0.611. The van der Waals surface area contributed by atoms with Gasteiger partial charge in [0.15, 0.2) is 0 Å². The van der Waals surface area contributed by atoms with E-state index in [-0.39, 0.29) is 19.6 Å². The molecule has 0 saturated heterocycles. The summed E-state index contributed by atoms with van der Waals surface area (Å²) in [6, 6.07) is 0. The minimum absolute atomic E-state index is 0.0679. The van der Waals surface area contributed by atoms with Crippen LogP contribution in [0.3, 0.4) is 0 Å². The molecule has 1 atom stereocenters. The first kappa shape index (κ1) is 11.9. The van der Waals surface area contributed by atoms with Gasteiger partial charge in [-0.15, -0.1) is 0 Å². The van der Waals surface area contributed by atoms with Crippen molar-refractivity contribution in [1.82, 2.24) is 0 Å². The largest absolute Gasteiger partial charge is 0.463 e. The first-order valence-electron chi connectivity index (χ1n) is 4.06. The van der Waals surface area contributed by atoms with Gasteiger partial charge in [0.05, 0.1) is 6.61 Å². The van der Waals surface area contributed by atoms with Crippen LogP contribution in [0.5, 0.6) is 0 Å². The van der Waals surface area contributed by atoms with Crippen LogP contribution >= 0.6 is 0 Å².